The van der Waals surface area contributed by atoms with Gasteiger partial charge in [-0.3, -0.25) is 0 Å². The van der Waals surface area contributed by atoms with Gasteiger partial charge < -0.3 is 4.42 Å². The summed E-state index contributed by atoms with van der Waals surface area (Å²) in [7, 11) is 0. The Hall–Kier alpha value is -2.98. The van der Waals surface area contributed by atoms with Crippen molar-refractivity contribution in [1.29, 1.82) is 0 Å². The van der Waals surface area contributed by atoms with E-state index in [1.54, 1.807) is 0 Å². The van der Waals surface area contributed by atoms with Gasteiger partial charge in [-0.15, -0.1) is 0 Å². The van der Waals surface area contributed by atoms with Crippen molar-refractivity contribution in [2.24, 2.45) is 0 Å². The molecule has 0 unspecified atom stereocenters. The molecule has 1 aliphatic rings. The topological polar surface area (TPSA) is 51.8 Å². The summed E-state index contributed by atoms with van der Waals surface area (Å²) >= 11 is 6.46. The Bertz CT molecular complexity index is 1150. The lowest BCUT2D eigenvalue weighted by Crippen LogP contribution is -1.98. The summed E-state index contributed by atoms with van der Waals surface area (Å²) in [6, 6.07) is 17.7. The second-order valence-electron chi connectivity index (χ2n) is 7.04. The van der Waals surface area contributed by atoms with Crippen LogP contribution in [0.15, 0.2) is 65.2 Å². The largest absolute Gasteiger partial charge is 0.434 e. The SMILES string of the molecule is Cc1nc(-c2nc(C3CC3)ncc2-c2ccccc2Cl)oc1-c1ccccc1. The highest BCUT2D eigenvalue weighted by molar-refractivity contribution is 6.33. The summed E-state index contributed by atoms with van der Waals surface area (Å²) in [6.45, 7) is 1.95. The van der Waals surface area contributed by atoms with Crippen LogP contribution >= 0.6 is 11.6 Å². The van der Waals surface area contributed by atoms with Crippen LogP contribution in [0.25, 0.3) is 34.0 Å². The number of nitrogens with zero attached hydrogens (tertiary/aromatic N) is 3. The van der Waals surface area contributed by atoms with Crippen LogP contribution in [0.3, 0.4) is 0 Å². The van der Waals surface area contributed by atoms with Crippen molar-refractivity contribution in [1.82, 2.24) is 15.0 Å². The number of aryl methyl sites for hydroxylation is 1. The van der Waals surface area contributed by atoms with E-state index in [2.05, 4.69) is 4.98 Å². The van der Waals surface area contributed by atoms with Crippen LogP contribution in [0.2, 0.25) is 5.02 Å². The van der Waals surface area contributed by atoms with Crippen molar-refractivity contribution >= 4 is 11.6 Å². The molecule has 4 aromatic rings. The van der Waals surface area contributed by atoms with Gasteiger partial charge in [-0.2, -0.15) is 0 Å². The minimum atomic E-state index is 0.434. The molecule has 2 aromatic heterocycles. The number of oxazole rings is 1. The Morgan fingerprint density at radius 1 is 0.929 bits per heavy atom. The maximum atomic E-state index is 6.46. The van der Waals surface area contributed by atoms with Gasteiger partial charge in [-0.25, -0.2) is 15.0 Å². The molecular weight excluding hydrogens is 370 g/mol. The lowest BCUT2D eigenvalue weighted by atomic mass is 10.1. The predicted octanol–water partition coefficient (Wildman–Crippen LogP) is 6.30. The molecule has 0 radical (unpaired) electrons. The Balaban J connectivity index is 1.69. The van der Waals surface area contributed by atoms with Crippen molar-refractivity contribution in [3.05, 3.63) is 77.3 Å². The molecule has 0 amide bonds. The first kappa shape index (κ1) is 17.1. The lowest BCUT2D eigenvalue weighted by molar-refractivity contribution is 0.585. The van der Waals surface area contributed by atoms with Crippen molar-refractivity contribution in [2.75, 3.05) is 0 Å². The molecule has 0 N–H and O–H groups in total. The molecule has 2 aromatic carbocycles. The van der Waals surface area contributed by atoms with E-state index in [-0.39, 0.29) is 0 Å². The fourth-order valence-electron chi connectivity index (χ4n) is 3.33. The van der Waals surface area contributed by atoms with Crippen LogP contribution in [0.1, 0.15) is 30.3 Å². The highest BCUT2D eigenvalue weighted by Crippen LogP contribution is 2.41. The average Bonchev–Trinajstić information content (AvgIpc) is 3.51. The van der Waals surface area contributed by atoms with Crippen molar-refractivity contribution < 1.29 is 4.42 Å². The first-order valence-corrected chi connectivity index (χ1v) is 9.73. The molecule has 0 aliphatic heterocycles. The minimum absolute atomic E-state index is 0.434. The first-order chi connectivity index (χ1) is 13.7. The highest BCUT2D eigenvalue weighted by atomic mass is 35.5. The highest BCUT2D eigenvalue weighted by Gasteiger charge is 2.29. The van der Waals surface area contributed by atoms with E-state index in [9.17, 15) is 0 Å². The zero-order chi connectivity index (χ0) is 19.1. The third-order valence-electron chi connectivity index (χ3n) is 4.95. The second kappa shape index (κ2) is 6.88. The van der Waals surface area contributed by atoms with E-state index in [0.717, 1.165) is 46.8 Å². The van der Waals surface area contributed by atoms with Crippen molar-refractivity contribution in [3.63, 3.8) is 0 Å². The molecule has 5 heteroatoms. The number of hydrogen-bond donors (Lipinski definition) is 0. The summed E-state index contributed by atoms with van der Waals surface area (Å²) < 4.78 is 6.20. The van der Waals surface area contributed by atoms with Crippen LogP contribution in [0.5, 0.6) is 0 Å². The Morgan fingerprint density at radius 3 is 2.43 bits per heavy atom. The van der Waals surface area contributed by atoms with Gasteiger partial charge in [0, 0.05) is 33.8 Å². The Labute approximate surface area is 168 Å². The predicted molar refractivity (Wildman–Crippen MR) is 110 cm³/mol. The standard InChI is InChI=1S/C23H18ClN3O/c1-14-21(15-7-3-2-4-8-15)28-23(26-14)20-18(17-9-5-6-10-19(17)24)13-25-22(27-20)16-11-12-16/h2-10,13,16H,11-12H2,1H3. The molecule has 0 atom stereocenters. The van der Waals surface area contributed by atoms with Crippen molar-refractivity contribution in [3.8, 4) is 34.0 Å². The summed E-state index contributed by atoms with van der Waals surface area (Å²) in [5, 5.41) is 0.651. The van der Waals surface area contributed by atoms with E-state index in [1.807, 2.05) is 67.7 Å². The van der Waals surface area contributed by atoms with Crippen LogP contribution in [0, 0.1) is 6.92 Å². The molecule has 1 aliphatic carbocycles. The third-order valence-corrected chi connectivity index (χ3v) is 5.28. The minimum Gasteiger partial charge on any atom is -0.434 e. The number of aromatic nitrogens is 3. The van der Waals surface area contributed by atoms with Crippen LogP contribution < -0.4 is 0 Å². The van der Waals surface area contributed by atoms with Crippen LogP contribution in [-0.4, -0.2) is 15.0 Å². The summed E-state index contributed by atoms with van der Waals surface area (Å²) in [5.74, 6) is 2.54. The molecule has 5 rings (SSSR count). The zero-order valence-corrected chi connectivity index (χ0v) is 16.1. The van der Waals surface area contributed by atoms with Gasteiger partial charge in [0.2, 0.25) is 5.89 Å². The number of benzene rings is 2. The monoisotopic (exact) mass is 387 g/mol. The number of halogens is 1. The lowest BCUT2D eigenvalue weighted by Gasteiger charge is -2.09. The Kier molecular flexibility index (Phi) is 4.21. The number of hydrogen-bond acceptors (Lipinski definition) is 4. The van der Waals surface area contributed by atoms with Crippen molar-refractivity contribution in [2.45, 2.75) is 25.7 Å². The first-order valence-electron chi connectivity index (χ1n) is 9.36. The Morgan fingerprint density at radius 2 is 1.68 bits per heavy atom. The van der Waals surface area contributed by atoms with E-state index in [1.165, 1.54) is 0 Å². The maximum absolute atomic E-state index is 6.46. The molecule has 138 valence electrons. The second-order valence-corrected chi connectivity index (χ2v) is 7.45. The molecule has 2 heterocycles. The van der Waals surface area contributed by atoms with Gasteiger partial charge >= 0.3 is 0 Å². The molecule has 1 fully saturated rings. The van der Waals surface area contributed by atoms with E-state index >= 15 is 0 Å². The smallest absolute Gasteiger partial charge is 0.246 e. The van der Waals surface area contributed by atoms with Crippen LogP contribution in [0.4, 0.5) is 0 Å². The fraction of sp³-hybridized carbons (Fsp3) is 0.174. The summed E-state index contributed by atoms with van der Waals surface area (Å²) in [6.07, 6.45) is 4.11. The molecule has 1 saturated carbocycles. The third kappa shape index (κ3) is 3.10. The molecule has 28 heavy (non-hydrogen) atoms. The molecule has 0 bridgehead atoms. The molecule has 0 spiro atoms. The molecule has 0 saturated heterocycles. The quantitative estimate of drug-likeness (QED) is 0.412. The van der Waals surface area contributed by atoms with E-state index < -0.39 is 0 Å². The number of rotatable bonds is 4. The zero-order valence-electron chi connectivity index (χ0n) is 15.4. The van der Waals surface area contributed by atoms with E-state index in [0.29, 0.717) is 22.5 Å². The van der Waals surface area contributed by atoms with Gasteiger partial charge in [0.05, 0.1) is 5.69 Å². The molecule has 4 nitrogen and oxygen atoms in total. The summed E-state index contributed by atoms with van der Waals surface area (Å²) in [5.41, 5.74) is 4.22. The van der Waals surface area contributed by atoms with Gasteiger partial charge in [0.25, 0.3) is 0 Å². The van der Waals surface area contributed by atoms with Gasteiger partial charge in [0.1, 0.15) is 11.5 Å². The van der Waals surface area contributed by atoms with E-state index in [4.69, 9.17) is 26.0 Å². The normalized spacial score (nSPS) is 13.6. The summed E-state index contributed by atoms with van der Waals surface area (Å²) in [4.78, 5) is 14.1. The fourth-order valence-corrected chi connectivity index (χ4v) is 3.57. The van der Waals surface area contributed by atoms with Gasteiger partial charge in [-0.1, -0.05) is 60.1 Å². The van der Waals surface area contributed by atoms with Gasteiger partial charge in [0.15, 0.2) is 5.76 Å². The van der Waals surface area contributed by atoms with Crippen LogP contribution in [-0.2, 0) is 0 Å². The molecular formula is C23H18ClN3O. The maximum Gasteiger partial charge on any atom is 0.246 e. The average molecular weight is 388 g/mol. The van der Waals surface area contributed by atoms with Gasteiger partial charge in [-0.05, 0) is 25.8 Å².